The maximum Gasteiger partial charge on any atom is 0.320 e. The van der Waals surface area contributed by atoms with Crippen LogP contribution in [0, 0.1) is 5.92 Å². The zero-order valence-corrected chi connectivity index (χ0v) is 13.9. The highest BCUT2D eigenvalue weighted by Gasteiger charge is 2.18. The average molecular weight is 317 g/mol. The van der Waals surface area contributed by atoms with Gasteiger partial charge in [-0.3, -0.25) is 5.32 Å². The van der Waals surface area contributed by atoms with Gasteiger partial charge in [0, 0.05) is 25.2 Å². The van der Waals surface area contributed by atoms with Gasteiger partial charge in [-0.2, -0.15) is 0 Å². The number of urea groups is 1. The Morgan fingerprint density at radius 3 is 2.61 bits per heavy atom. The predicted octanol–water partition coefficient (Wildman–Crippen LogP) is 3.17. The zero-order chi connectivity index (χ0) is 16.1. The number of amides is 2. The van der Waals surface area contributed by atoms with E-state index in [4.69, 9.17) is 0 Å². The van der Waals surface area contributed by atoms with Gasteiger partial charge < -0.3 is 10.2 Å². The van der Waals surface area contributed by atoms with Crippen LogP contribution in [-0.2, 0) is 0 Å². The van der Waals surface area contributed by atoms with Gasteiger partial charge in [-0.1, -0.05) is 26.2 Å². The number of carbonyl (C=O) groups excluding carboxylic acids is 1. The Hall–Kier alpha value is -1.85. The van der Waals surface area contributed by atoms with Crippen molar-refractivity contribution in [2.45, 2.75) is 57.9 Å². The van der Waals surface area contributed by atoms with Crippen molar-refractivity contribution in [2.75, 3.05) is 23.3 Å². The monoisotopic (exact) mass is 317 g/mol. The van der Waals surface area contributed by atoms with E-state index in [0.717, 1.165) is 37.7 Å². The predicted molar refractivity (Wildman–Crippen MR) is 91.7 cm³/mol. The van der Waals surface area contributed by atoms with Crippen LogP contribution in [0.5, 0.6) is 0 Å². The Labute approximate surface area is 138 Å². The highest BCUT2D eigenvalue weighted by molar-refractivity contribution is 5.88. The lowest BCUT2D eigenvalue weighted by Crippen LogP contribution is -2.39. The summed E-state index contributed by atoms with van der Waals surface area (Å²) in [5.74, 6) is 2.26. The molecule has 23 heavy (non-hydrogen) atoms. The summed E-state index contributed by atoms with van der Waals surface area (Å²) in [4.78, 5) is 22.9. The number of anilines is 2. The molecule has 126 valence electrons. The summed E-state index contributed by atoms with van der Waals surface area (Å²) < 4.78 is 0. The summed E-state index contributed by atoms with van der Waals surface area (Å²) in [7, 11) is 0. The molecule has 6 heteroatoms. The Bertz CT molecular complexity index is 521. The van der Waals surface area contributed by atoms with Crippen LogP contribution in [0.25, 0.3) is 0 Å². The van der Waals surface area contributed by atoms with E-state index in [1.54, 1.807) is 0 Å². The number of hydrogen-bond donors (Lipinski definition) is 2. The number of nitrogens with zero attached hydrogens (tertiary/aromatic N) is 3. The van der Waals surface area contributed by atoms with Crippen molar-refractivity contribution < 1.29 is 4.79 Å². The molecule has 2 amide bonds. The quantitative estimate of drug-likeness (QED) is 0.898. The van der Waals surface area contributed by atoms with Crippen molar-refractivity contribution in [1.82, 2.24) is 15.3 Å². The van der Waals surface area contributed by atoms with Crippen LogP contribution < -0.4 is 15.5 Å². The molecular formula is C17H27N5O. The third-order valence-corrected chi connectivity index (χ3v) is 4.94. The molecule has 3 rings (SSSR count). The maximum atomic E-state index is 12.1. The third kappa shape index (κ3) is 4.56. The highest BCUT2D eigenvalue weighted by Crippen LogP contribution is 2.22. The summed E-state index contributed by atoms with van der Waals surface area (Å²) in [6.45, 7) is 4.33. The normalized spacial score (nSPS) is 20.3. The van der Waals surface area contributed by atoms with Crippen LogP contribution in [-0.4, -0.2) is 35.1 Å². The summed E-state index contributed by atoms with van der Waals surface area (Å²) in [5.41, 5.74) is 0. The minimum absolute atomic E-state index is 0.159. The first-order valence-corrected chi connectivity index (χ1v) is 8.85. The van der Waals surface area contributed by atoms with E-state index in [2.05, 4.69) is 32.4 Å². The Balaban J connectivity index is 1.55. The topological polar surface area (TPSA) is 70.2 Å². The number of aromatic nitrogens is 2. The lowest BCUT2D eigenvalue weighted by Gasteiger charge is -2.31. The van der Waals surface area contributed by atoms with Gasteiger partial charge in [-0.15, -0.1) is 0 Å². The first-order chi connectivity index (χ1) is 11.2. The van der Waals surface area contributed by atoms with Crippen LogP contribution in [0.15, 0.2) is 12.4 Å². The zero-order valence-electron chi connectivity index (χ0n) is 13.9. The molecule has 1 saturated heterocycles. The molecule has 0 bridgehead atoms. The average Bonchev–Trinajstić information content (AvgIpc) is 2.56. The molecule has 2 heterocycles. The van der Waals surface area contributed by atoms with Gasteiger partial charge in [-0.05, 0) is 31.6 Å². The molecule has 0 aromatic carbocycles. The molecule has 1 aromatic rings. The van der Waals surface area contributed by atoms with E-state index >= 15 is 0 Å². The molecule has 1 aliphatic heterocycles. The van der Waals surface area contributed by atoms with Crippen LogP contribution in [0.3, 0.4) is 0 Å². The van der Waals surface area contributed by atoms with Gasteiger partial charge in [0.25, 0.3) is 0 Å². The molecule has 1 aliphatic carbocycles. The molecule has 2 N–H and O–H groups in total. The molecular weight excluding hydrogens is 290 g/mol. The first kappa shape index (κ1) is 16.0. The van der Waals surface area contributed by atoms with Gasteiger partial charge in [0.1, 0.15) is 18.0 Å². The fourth-order valence-electron chi connectivity index (χ4n) is 3.41. The van der Waals surface area contributed by atoms with E-state index in [-0.39, 0.29) is 6.03 Å². The lowest BCUT2D eigenvalue weighted by atomic mass is 9.96. The van der Waals surface area contributed by atoms with Crippen LogP contribution >= 0.6 is 0 Å². The molecule has 0 spiro atoms. The van der Waals surface area contributed by atoms with Crippen LogP contribution in [0.2, 0.25) is 0 Å². The van der Waals surface area contributed by atoms with Crippen molar-refractivity contribution in [1.29, 1.82) is 0 Å². The largest absolute Gasteiger partial charge is 0.356 e. The lowest BCUT2D eigenvalue weighted by molar-refractivity contribution is 0.244. The third-order valence-electron chi connectivity index (χ3n) is 4.94. The fraction of sp³-hybridized carbons (Fsp3) is 0.706. The minimum atomic E-state index is -0.159. The van der Waals surface area contributed by atoms with Crippen molar-refractivity contribution >= 4 is 17.7 Å². The Morgan fingerprint density at radius 2 is 1.87 bits per heavy atom. The van der Waals surface area contributed by atoms with E-state index in [1.807, 2.05) is 6.07 Å². The van der Waals surface area contributed by atoms with Crippen molar-refractivity contribution in [2.24, 2.45) is 5.92 Å². The molecule has 2 fully saturated rings. The van der Waals surface area contributed by atoms with Gasteiger partial charge in [0.05, 0.1) is 0 Å². The molecule has 0 radical (unpaired) electrons. The second-order valence-electron chi connectivity index (χ2n) is 6.86. The molecule has 0 unspecified atom stereocenters. The molecule has 1 aromatic heterocycles. The summed E-state index contributed by atoms with van der Waals surface area (Å²) in [6, 6.07) is 2.01. The SMILES string of the molecule is CC1CCN(c2cc(NC(=O)NC3CCCCC3)ncn2)CC1. The Morgan fingerprint density at radius 1 is 1.13 bits per heavy atom. The minimum Gasteiger partial charge on any atom is -0.356 e. The standard InChI is InChI=1S/C17H27N5O/c1-13-7-9-22(10-8-13)16-11-15(18-12-19-16)21-17(23)20-14-5-3-2-4-6-14/h11-14H,2-10H2,1H3,(H2,18,19,20,21,23). The molecule has 6 nitrogen and oxygen atoms in total. The van der Waals surface area contributed by atoms with E-state index < -0.39 is 0 Å². The van der Waals surface area contributed by atoms with Crippen molar-refractivity contribution in [3.05, 3.63) is 12.4 Å². The summed E-state index contributed by atoms with van der Waals surface area (Å²) in [6.07, 6.45) is 9.76. The van der Waals surface area contributed by atoms with Crippen LogP contribution in [0.1, 0.15) is 51.9 Å². The molecule has 1 saturated carbocycles. The van der Waals surface area contributed by atoms with E-state index in [1.165, 1.54) is 38.4 Å². The number of piperidine rings is 1. The van der Waals surface area contributed by atoms with Gasteiger partial charge in [0.15, 0.2) is 0 Å². The number of carbonyl (C=O) groups is 1. The first-order valence-electron chi connectivity index (χ1n) is 8.85. The fourth-order valence-corrected chi connectivity index (χ4v) is 3.41. The van der Waals surface area contributed by atoms with Gasteiger partial charge in [0.2, 0.25) is 0 Å². The second-order valence-corrected chi connectivity index (χ2v) is 6.86. The summed E-state index contributed by atoms with van der Waals surface area (Å²) >= 11 is 0. The van der Waals surface area contributed by atoms with Gasteiger partial charge >= 0.3 is 6.03 Å². The molecule has 2 aliphatic rings. The van der Waals surface area contributed by atoms with Crippen molar-refractivity contribution in [3.63, 3.8) is 0 Å². The van der Waals surface area contributed by atoms with Crippen LogP contribution in [0.4, 0.5) is 16.4 Å². The maximum absolute atomic E-state index is 12.1. The molecule has 0 atom stereocenters. The smallest absolute Gasteiger partial charge is 0.320 e. The summed E-state index contributed by atoms with van der Waals surface area (Å²) in [5, 5.41) is 5.90. The number of rotatable bonds is 3. The Kier molecular flexibility index (Phi) is 5.31. The van der Waals surface area contributed by atoms with Crippen molar-refractivity contribution in [3.8, 4) is 0 Å². The number of hydrogen-bond acceptors (Lipinski definition) is 4. The second kappa shape index (κ2) is 7.62. The van der Waals surface area contributed by atoms with Gasteiger partial charge in [-0.25, -0.2) is 14.8 Å². The highest BCUT2D eigenvalue weighted by atomic mass is 16.2. The van der Waals surface area contributed by atoms with E-state index in [9.17, 15) is 4.79 Å². The van der Waals surface area contributed by atoms with E-state index in [0.29, 0.717) is 11.9 Å². The number of nitrogens with one attached hydrogen (secondary N) is 2.